The third-order valence-electron chi connectivity index (χ3n) is 6.47. The van der Waals surface area contributed by atoms with E-state index in [-0.39, 0.29) is 18.4 Å². The molecule has 0 aromatic carbocycles. The minimum absolute atomic E-state index is 0.00487. The van der Waals surface area contributed by atoms with Crippen LogP contribution >= 0.6 is 0 Å². The second-order valence-corrected chi connectivity index (χ2v) is 7.98. The van der Waals surface area contributed by atoms with E-state index in [1.54, 1.807) is 0 Å². The molecule has 5 fully saturated rings. The van der Waals surface area contributed by atoms with Crippen molar-refractivity contribution in [2.24, 2.45) is 23.7 Å². The van der Waals surface area contributed by atoms with Gasteiger partial charge in [0, 0.05) is 18.3 Å². The Hall–Kier alpha value is -0.730. The molecule has 2 bridgehead atoms. The van der Waals surface area contributed by atoms with Gasteiger partial charge in [-0.15, -0.1) is 0 Å². The van der Waals surface area contributed by atoms with Crippen molar-refractivity contribution < 1.29 is 33.9 Å². The summed E-state index contributed by atoms with van der Waals surface area (Å²) in [5.41, 5.74) is -0.629. The Bertz CT molecular complexity index is 525. The summed E-state index contributed by atoms with van der Waals surface area (Å²) < 4.78 is 17.8. The Morgan fingerprint density at radius 2 is 2.00 bits per heavy atom. The largest absolute Gasteiger partial charge is 0.480 e. The SMILES string of the molecule is C[C@H]1[C@@H](OCC(=O)O)O[C@@H]2O[C@]3(C)CC[C@H]4[C@H](C)CC[C@@H]1[C@@]24OO3. The van der Waals surface area contributed by atoms with E-state index < -0.39 is 29.9 Å². The monoisotopic (exact) mass is 342 g/mol. The van der Waals surface area contributed by atoms with Gasteiger partial charge in [-0.3, -0.25) is 0 Å². The number of aliphatic carboxylic acids is 1. The molecule has 8 atom stereocenters. The highest BCUT2D eigenvalue weighted by Crippen LogP contribution is 2.60. The first-order valence-electron chi connectivity index (χ1n) is 8.89. The van der Waals surface area contributed by atoms with E-state index >= 15 is 0 Å². The van der Waals surface area contributed by atoms with Crippen molar-refractivity contribution in [2.45, 2.75) is 70.4 Å². The average Bonchev–Trinajstić information content (AvgIpc) is 2.76. The predicted molar refractivity (Wildman–Crippen MR) is 80.4 cm³/mol. The van der Waals surface area contributed by atoms with Crippen LogP contribution in [0, 0.1) is 23.7 Å². The quantitative estimate of drug-likeness (QED) is 0.788. The van der Waals surface area contributed by atoms with Gasteiger partial charge in [-0.25, -0.2) is 14.6 Å². The molecule has 1 spiro atoms. The predicted octanol–water partition coefficient (Wildman–Crippen LogP) is 2.30. The maximum atomic E-state index is 10.9. The van der Waals surface area contributed by atoms with Crippen LogP contribution in [0.3, 0.4) is 0 Å². The molecule has 0 aromatic rings. The molecule has 0 unspecified atom stereocenters. The van der Waals surface area contributed by atoms with E-state index in [1.807, 2.05) is 13.8 Å². The van der Waals surface area contributed by atoms with Crippen LogP contribution in [0.15, 0.2) is 0 Å². The molecule has 1 saturated carbocycles. The van der Waals surface area contributed by atoms with Gasteiger partial charge in [-0.2, -0.15) is 0 Å². The van der Waals surface area contributed by atoms with Gasteiger partial charge in [0.25, 0.3) is 0 Å². The van der Waals surface area contributed by atoms with Gasteiger partial charge in [0.15, 0.2) is 18.2 Å². The molecule has 4 aliphatic heterocycles. The molecule has 4 saturated heterocycles. The maximum absolute atomic E-state index is 10.9. The van der Waals surface area contributed by atoms with E-state index in [2.05, 4.69) is 6.92 Å². The number of hydrogen-bond donors (Lipinski definition) is 1. The normalized spacial score (nSPS) is 53.3. The van der Waals surface area contributed by atoms with Crippen molar-refractivity contribution >= 4 is 5.97 Å². The van der Waals surface area contributed by atoms with E-state index in [4.69, 9.17) is 29.1 Å². The Balaban J connectivity index is 1.68. The van der Waals surface area contributed by atoms with Crippen LogP contribution in [0.5, 0.6) is 0 Å². The molecule has 136 valence electrons. The molecule has 7 nitrogen and oxygen atoms in total. The first-order valence-corrected chi connectivity index (χ1v) is 8.89. The van der Waals surface area contributed by atoms with Crippen LogP contribution in [0.4, 0.5) is 0 Å². The third kappa shape index (κ3) is 2.33. The second kappa shape index (κ2) is 5.64. The van der Waals surface area contributed by atoms with Crippen molar-refractivity contribution in [1.29, 1.82) is 0 Å². The molecule has 0 radical (unpaired) electrons. The molecule has 0 aromatic heterocycles. The molecule has 5 rings (SSSR count). The summed E-state index contributed by atoms with van der Waals surface area (Å²) in [6, 6.07) is 0. The lowest BCUT2D eigenvalue weighted by atomic mass is 9.58. The molecular weight excluding hydrogens is 316 g/mol. The summed E-state index contributed by atoms with van der Waals surface area (Å²) in [6.07, 6.45) is 2.61. The minimum Gasteiger partial charge on any atom is -0.480 e. The zero-order valence-corrected chi connectivity index (χ0v) is 14.4. The number of hydrogen-bond acceptors (Lipinski definition) is 6. The smallest absolute Gasteiger partial charge is 0.329 e. The molecule has 1 aliphatic carbocycles. The van der Waals surface area contributed by atoms with Gasteiger partial charge in [0.05, 0.1) is 0 Å². The zero-order valence-electron chi connectivity index (χ0n) is 14.4. The van der Waals surface area contributed by atoms with E-state index in [0.717, 1.165) is 25.7 Å². The fourth-order valence-electron chi connectivity index (χ4n) is 5.22. The highest BCUT2D eigenvalue weighted by Gasteiger charge is 2.69. The van der Waals surface area contributed by atoms with E-state index in [1.165, 1.54) is 0 Å². The summed E-state index contributed by atoms with van der Waals surface area (Å²) in [4.78, 5) is 22.6. The lowest BCUT2D eigenvalue weighted by Gasteiger charge is -2.60. The zero-order chi connectivity index (χ0) is 17.1. The van der Waals surface area contributed by atoms with Crippen LogP contribution in [-0.2, 0) is 28.8 Å². The Labute approximate surface area is 141 Å². The Kier molecular flexibility index (Phi) is 3.93. The van der Waals surface area contributed by atoms with Crippen molar-refractivity contribution in [3.63, 3.8) is 0 Å². The number of ether oxygens (including phenoxy) is 3. The summed E-state index contributed by atoms with van der Waals surface area (Å²) in [6.45, 7) is 5.78. The lowest BCUT2D eigenvalue weighted by molar-refractivity contribution is -0.577. The van der Waals surface area contributed by atoms with E-state index in [0.29, 0.717) is 11.8 Å². The summed E-state index contributed by atoms with van der Waals surface area (Å²) in [5.74, 6) is -0.868. The van der Waals surface area contributed by atoms with Crippen LogP contribution < -0.4 is 0 Å². The number of fused-ring (bicyclic) bond motifs is 2. The molecule has 5 aliphatic rings. The van der Waals surface area contributed by atoms with Gasteiger partial charge in [0.2, 0.25) is 5.79 Å². The highest BCUT2D eigenvalue weighted by molar-refractivity contribution is 5.68. The molecule has 1 N–H and O–H groups in total. The van der Waals surface area contributed by atoms with Crippen LogP contribution in [0.1, 0.15) is 46.5 Å². The fourth-order valence-corrected chi connectivity index (χ4v) is 5.22. The van der Waals surface area contributed by atoms with E-state index in [9.17, 15) is 4.79 Å². The molecule has 7 heteroatoms. The second-order valence-electron chi connectivity index (χ2n) is 7.98. The van der Waals surface area contributed by atoms with Gasteiger partial charge < -0.3 is 19.3 Å². The van der Waals surface area contributed by atoms with Crippen molar-refractivity contribution in [3.05, 3.63) is 0 Å². The number of carbonyl (C=O) groups is 1. The fraction of sp³-hybridized carbons (Fsp3) is 0.941. The Morgan fingerprint density at radius 3 is 2.75 bits per heavy atom. The van der Waals surface area contributed by atoms with Crippen molar-refractivity contribution in [3.8, 4) is 0 Å². The van der Waals surface area contributed by atoms with Crippen LogP contribution in [-0.4, -0.2) is 41.7 Å². The number of carboxylic acids is 1. The lowest BCUT2D eigenvalue weighted by Crippen LogP contribution is -2.70. The minimum atomic E-state index is -1.00. The maximum Gasteiger partial charge on any atom is 0.329 e. The number of rotatable bonds is 3. The molecule has 4 heterocycles. The van der Waals surface area contributed by atoms with Gasteiger partial charge in [-0.1, -0.05) is 13.8 Å². The third-order valence-corrected chi connectivity index (χ3v) is 6.47. The highest BCUT2D eigenvalue weighted by atomic mass is 17.3. The first-order chi connectivity index (χ1) is 11.4. The first kappa shape index (κ1) is 16.7. The van der Waals surface area contributed by atoms with Crippen LogP contribution in [0.25, 0.3) is 0 Å². The topological polar surface area (TPSA) is 83.5 Å². The summed E-state index contributed by atoms with van der Waals surface area (Å²) in [5, 5.41) is 8.91. The van der Waals surface area contributed by atoms with Crippen molar-refractivity contribution in [2.75, 3.05) is 6.61 Å². The molecule has 0 amide bonds. The number of carboxylic acid groups (broad SMARTS) is 1. The average molecular weight is 342 g/mol. The van der Waals surface area contributed by atoms with Gasteiger partial charge >= 0.3 is 5.97 Å². The molecular formula is C17H26O7. The summed E-state index contributed by atoms with van der Waals surface area (Å²) in [7, 11) is 0. The Morgan fingerprint density at radius 1 is 1.21 bits per heavy atom. The van der Waals surface area contributed by atoms with Crippen LogP contribution in [0.2, 0.25) is 0 Å². The van der Waals surface area contributed by atoms with Crippen molar-refractivity contribution in [1.82, 2.24) is 0 Å². The molecule has 24 heavy (non-hydrogen) atoms. The standard InChI is InChI=1S/C17H26O7/c1-9-4-5-12-10(2)14(20-8-13(18)19)21-15-17(12)11(9)6-7-16(3,22-15)23-24-17/h9-12,14-15H,4-8H2,1-3H3,(H,18,19)/t9-,10-,11+,12+,14+,15-,16+,17-/m1/s1. The summed E-state index contributed by atoms with van der Waals surface area (Å²) >= 11 is 0. The van der Waals surface area contributed by atoms with Gasteiger partial charge in [0.1, 0.15) is 6.61 Å². The van der Waals surface area contributed by atoms with Gasteiger partial charge in [-0.05, 0) is 38.0 Å².